The molecule has 0 saturated heterocycles. The average Bonchev–Trinajstić information content (AvgIpc) is 2.25. The number of amides is 1. The Bertz CT molecular complexity index is 414. The van der Waals surface area contributed by atoms with Crippen LogP contribution in [0.5, 0.6) is 0 Å². The van der Waals surface area contributed by atoms with E-state index in [1.54, 1.807) is 0 Å². The number of likely N-dealkylation sites (N-methyl/N-ethyl adjacent to an activating group) is 1. The van der Waals surface area contributed by atoms with Crippen molar-refractivity contribution in [2.24, 2.45) is 5.84 Å². The summed E-state index contributed by atoms with van der Waals surface area (Å²) < 4.78 is 5.35. The summed E-state index contributed by atoms with van der Waals surface area (Å²) in [5.74, 6) is 5.06. The van der Waals surface area contributed by atoms with Gasteiger partial charge in [-0.25, -0.2) is 5.84 Å². The maximum Gasteiger partial charge on any atom is 0.262 e. The lowest BCUT2D eigenvalue weighted by atomic mass is 10.0. The van der Waals surface area contributed by atoms with Crippen LogP contribution in [-0.4, -0.2) is 24.6 Å². The van der Waals surface area contributed by atoms with Crippen LogP contribution < -0.4 is 5.84 Å². The van der Waals surface area contributed by atoms with Gasteiger partial charge < -0.3 is 4.74 Å². The Morgan fingerprint density at radius 1 is 1.24 bits per heavy atom. The number of hydrazine groups is 1. The van der Waals surface area contributed by atoms with E-state index in [4.69, 9.17) is 10.6 Å². The van der Waals surface area contributed by atoms with Crippen LogP contribution in [0.3, 0.4) is 0 Å². The smallest absolute Gasteiger partial charge is 0.262 e. The molecule has 4 nitrogen and oxygen atoms in total. The summed E-state index contributed by atoms with van der Waals surface area (Å²) in [5, 5.41) is 1.03. The predicted molar refractivity (Wildman–Crippen MR) is 67.3 cm³/mol. The lowest BCUT2D eigenvalue weighted by molar-refractivity contribution is -0.135. The van der Waals surface area contributed by atoms with Crippen LogP contribution in [0.1, 0.15) is 22.3 Å². The van der Waals surface area contributed by atoms with Crippen molar-refractivity contribution in [2.45, 2.75) is 27.4 Å². The van der Waals surface area contributed by atoms with Gasteiger partial charge in [0.05, 0.1) is 6.61 Å². The van der Waals surface area contributed by atoms with E-state index in [0.717, 1.165) is 10.6 Å². The summed E-state index contributed by atoms with van der Waals surface area (Å²) in [4.78, 5) is 11.2. The quantitative estimate of drug-likeness (QED) is 0.489. The zero-order valence-electron chi connectivity index (χ0n) is 10.9. The Morgan fingerprint density at radius 3 is 2.41 bits per heavy atom. The number of hydrogen-bond donors (Lipinski definition) is 1. The van der Waals surface area contributed by atoms with Crippen molar-refractivity contribution < 1.29 is 9.53 Å². The molecule has 1 aromatic carbocycles. The Balaban J connectivity index is 2.58. The third kappa shape index (κ3) is 3.84. The second kappa shape index (κ2) is 5.80. The molecule has 17 heavy (non-hydrogen) atoms. The summed E-state index contributed by atoms with van der Waals surface area (Å²) in [5.41, 5.74) is 4.79. The first-order chi connectivity index (χ1) is 7.91. The first-order valence-electron chi connectivity index (χ1n) is 5.57. The molecule has 1 amide bonds. The number of nitrogens with two attached hydrogens (primary N) is 1. The Hall–Kier alpha value is -1.39. The van der Waals surface area contributed by atoms with Gasteiger partial charge in [0, 0.05) is 7.05 Å². The van der Waals surface area contributed by atoms with Gasteiger partial charge in [0.25, 0.3) is 5.91 Å². The fraction of sp³-hybridized carbons (Fsp3) is 0.462. The van der Waals surface area contributed by atoms with Gasteiger partial charge in [-0.05, 0) is 43.0 Å². The molecule has 4 heteroatoms. The second-order valence-electron chi connectivity index (χ2n) is 4.36. The Morgan fingerprint density at radius 2 is 1.82 bits per heavy atom. The van der Waals surface area contributed by atoms with Crippen LogP contribution >= 0.6 is 0 Å². The summed E-state index contributed by atoms with van der Waals surface area (Å²) in [6, 6.07) is 4.23. The van der Waals surface area contributed by atoms with E-state index in [1.165, 1.54) is 23.7 Å². The molecule has 0 saturated carbocycles. The minimum Gasteiger partial charge on any atom is -0.367 e. The minimum absolute atomic E-state index is 0.0133. The van der Waals surface area contributed by atoms with Gasteiger partial charge in [-0.15, -0.1) is 0 Å². The van der Waals surface area contributed by atoms with Crippen molar-refractivity contribution >= 4 is 5.91 Å². The van der Waals surface area contributed by atoms with Crippen molar-refractivity contribution in [3.63, 3.8) is 0 Å². The third-order valence-electron chi connectivity index (χ3n) is 2.83. The molecule has 0 aliphatic carbocycles. The standard InChI is InChI=1S/C13H20N2O2/c1-9-5-11(3)12(6-10(9)2)7-17-8-13(16)15(4)14/h5-6H,7-8,14H2,1-4H3. The molecule has 0 atom stereocenters. The minimum atomic E-state index is -0.230. The number of aryl methyl sites for hydroxylation is 3. The average molecular weight is 236 g/mol. The summed E-state index contributed by atoms with van der Waals surface area (Å²) in [6.45, 7) is 6.64. The summed E-state index contributed by atoms with van der Waals surface area (Å²) in [7, 11) is 1.51. The van der Waals surface area contributed by atoms with Crippen molar-refractivity contribution in [2.75, 3.05) is 13.7 Å². The first-order valence-corrected chi connectivity index (χ1v) is 5.57. The number of nitrogens with zero attached hydrogens (tertiary/aromatic N) is 1. The van der Waals surface area contributed by atoms with Crippen LogP contribution in [-0.2, 0) is 16.1 Å². The van der Waals surface area contributed by atoms with Crippen molar-refractivity contribution in [1.82, 2.24) is 5.01 Å². The molecule has 1 aromatic rings. The Kier molecular flexibility index (Phi) is 4.66. The van der Waals surface area contributed by atoms with Gasteiger partial charge in [0.1, 0.15) is 6.61 Å². The molecule has 0 heterocycles. The third-order valence-corrected chi connectivity index (χ3v) is 2.83. The monoisotopic (exact) mass is 236 g/mol. The molecular weight excluding hydrogens is 216 g/mol. The molecule has 0 aromatic heterocycles. The molecule has 0 radical (unpaired) electrons. The van der Waals surface area contributed by atoms with Crippen LogP contribution in [0.2, 0.25) is 0 Å². The van der Waals surface area contributed by atoms with E-state index in [2.05, 4.69) is 26.0 Å². The molecule has 0 spiro atoms. The maximum atomic E-state index is 11.2. The molecule has 0 unspecified atom stereocenters. The van der Waals surface area contributed by atoms with Gasteiger partial charge in [-0.3, -0.25) is 9.80 Å². The number of carbonyl (C=O) groups is 1. The van der Waals surface area contributed by atoms with Gasteiger partial charge in [-0.1, -0.05) is 12.1 Å². The molecule has 1 rings (SSSR count). The summed E-state index contributed by atoms with van der Waals surface area (Å²) in [6.07, 6.45) is 0. The van der Waals surface area contributed by atoms with E-state index in [-0.39, 0.29) is 12.5 Å². The summed E-state index contributed by atoms with van der Waals surface area (Å²) >= 11 is 0. The fourth-order valence-electron chi connectivity index (χ4n) is 1.53. The van der Waals surface area contributed by atoms with Crippen molar-refractivity contribution in [3.8, 4) is 0 Å². The van der Waals surface area contributed by atoms with E-state index < -0.39 is 0 Å². The number of ether oxygens (including phenoxy) is 1. The van der Waals surface area contributed by atoms with Crippen LogP contribution in [0.15, 0.2) is 12.1 Å². The van der Waals surface area contributed by atoms with E-state index in [0.29, 0.717) is 6.61 Å². The predicted octanol–water partition coefficient (Wildman–Crippen LogP) is 1.46. The highest BCUT2D eigenvalue weighted by atomic mass is 16.5. The highest BCUT2D eigenvalue weighted by molar-refractivity contribution is 5.76. The van der Waals surface area contributed by atoms with Gasteiger partial charge in [0.15, 0.2) is 0 Å². The van der Waals surface area contributed by atoms with Crippen molar-refractivity contribution in [3.05, 3.63) is 34.4 Å². The molecule has 0 aliphatic heterocycles. The van der Waals surface area contributed by atoms with Crippen LogP contribution in [0.25, 0.3) is 0 Å². The molecule has 2 N–H and O–H groups in total. The second-order valence-corrected chi connectivity index (χ2v) is 4.36. The highest BCUT2D eigenvalue weighted by Crippen LogP contribution is 2.16. The van der Waals surface area contributed by atoms with Crippen molar-refractivity contribution in [1.29, 1.82) is 0 Å². The molecular formula is C13H20N2O2. The van der Waals surface area contributed by atoms with Gasteiger partial charge in [-0.2, -0.15) is 0 Å². The SMILES string of the molecule is Cc1cc(C)c(COCC(=O)N(C)N)cc1C. The topological polar surface area (TPSA) is 55.6 Å². The van der Waals surface area contributed by atoms with Crippen LogP contribution in [0, 0.1) is 20.8 Å². The van der Waals surface area contributed by atoms with E-state index in [9.17, 15) is 4.79 Å². The number of hydrogen-bond acceptors (Lipinski definition) is 3. The normalized spacial score (nSPS) is 10.4. The maximum absolute atomic E-state index is 11.2. The van der Waals surface area contributed by atoms with Gasteiger partial charge >= 0.3 is 0 Å². The zero-order valence-corrected chi connectivity index (χ0v) is 10.9. The number of benzene rings is 1. The number of rotatable bonds is 4. The number of carbonyl (C=O) groups excluding carboxylic acids is 1. The highest BCUT2D eigenvalue weighted by Gasteiger charge is 2.06. The van der Waals surface area contributed by atoms with Gasteiger partial charge in [0.2, 0.25) is 0 Å². The lowest BCUT2D eigenvalue weighted by Gasteiger charge is -2.12. The van der Waals surface area contributed by atoms with E-state index >= 15 is 0 Å². The zero-order chi connectivity index (χ0) is 13.0. The Labute approximate surface area is 102 Å². The lowest BCUT2D eigenvalue weighted by Crippen LogP contribution is -2.35. The molecule has 0 aliphatic rings. The largest absolute Gasteiger partial charge is 0.367 e. The first kappa shape index (κ1) is 13.7. The van der Waals surface area contributed by atoms with Crippen LogP contribution in [0.4, 0.5) is 0 Å². The molecule has 0 bridgehead atoms. The van der Waals surface area contributed by atoms with E-state index in [1.807, 2.05) is 6.92 Å². The fourth-order valence-corrected chi connectivity index (χ4v) is 1.53. The molecule has 94 valence electrons. The molecule has 0 fully saturated rings.